The maximum Gasteiger partial charge on any atom is 0.335 e. The maximum atomic E-state index is 11.3. The Kier molecular flexibility index (Phi) is 4.12. The molecule has 0 aliphatic carbocycles. The standard InChI is InChI=1S/C13H17NO3/c1-16-13(15)12-7-11(9-17-12)14-8-10-5-3-2-4-6-10/h2-6,11-12,14H,7-9H2,1H3/t11-,12-/m1/s1. The van der Waals surface area contributed by atoms with Crippen molar-refractivity contribution in [3.8, 4) is 0 Å². The Bertz CT molecular complexity index is 366. The largest absolute Gasteiger partial charge is 0.467 e. The first-order valence-corrected chi connectivity index (χ1v) is 5.76. The molecule has 2 atom stereocenters. The van der Waals surface area contributed by atoms with Crippen molar-refractivity contribution in [1.82, 2.24) is 5.32 Å². The van der Waals surface area contributed by atoms with Crippen LogP contribution in [0.1, 0.15) is 12.0 Å². The van der Waals surface area contributed by atoms with Gasteiger partial charge in [0.05, 0.1) is 13.7 Å². The van der Waals surface area contributed by atoms with Gasteiger partial charge in [-0.25, -0.2) is 4.79 Å². The van der Waals surface area contributed by atoms with E-state index in [9.17, 15) is 4.79 Å². The first-order chi connectivity index (χ1) is 8.29. The second-order valence-corrected chi connectivity index (χ2v) is 4.14. The van der Waals surface area contributed by atoms with E-state index in [1.54, 1.807) is 0 Å². The van der Waals surface area contributed by atoms with Crippen molar-refractivity contribution in [3.05, 3.63) is 35.9 Å². The van der Waals surface area contributed by atoms with Crippen LogP contribution in [0.25, 0.3) is 0 Å². The Morgan fingerprint density at radius 2 is 2.24 bits per heavy atom. The molecule has 0 spiro atoms. The molecule has 2 rings (SSSR count). The Balaban J connectivity index is 1.77. The smallest absolute Gasteiger partial charge is 0.335 e. The molecule has 1 aliphatic heterocycles. The van der Waals surface area contributed by atoms with E-state index in [4.69, 9.17) is 4.74 Å². The molecular weight excluding hydrogens is 218 g/mol. The summed E-state index contributed by atoms with van der Waals surface area (Å²) in [4.78, 5) is 11.3. The lowest BCUT2D eigenvalue weighted by Gasteiger charge is -2.10. The first-order valence-electron chi connectivity index (χ1n) is 5.76. The second-order valence-electron chi connectivity index (χ2n) is 4.14. The number of carbonyl (C=O) groups excluding carboxylic acids is 1. The van der Waals surface area contributed by atoms with Crippen LogP contribution in [0.3, 0.4) is 0 Å². The van der Waals surface area contributed by atoms with E-state index in [1.807, 2.05) is 18.2 Å². The summed E-state index contributed by atoms with van der Waals surface area (Å²) in [6, 6.07) is 10.4. The topological polar surface area (TPSA) is 47.6 Å². The van der Waals surface area contributed by atoms with Crippen molar-refractivity contribution in [3.63, 3.8) is 0 Å². The van der Waals surface area contributed by atoms with E-state index in [1.165, 1.54) is 12.7 Å². The van der Waals surface area contributed by atoms with Crippen LogP contribution < -0.4 is 5.32 Å². The van der Waals surface area contributed by atoms with E-state index in [-0.39, 0.29) is 12.0 Å². The molecule has 4 nitrogen and oxygen atoms in total. The first kappa shape index (κ1) is 12.1. The number of benzene rings is 1. The fourth-order valence-electron chi connectivity index (χ4n) is 1.92. The van der Waals surface area contributed by atoms with Crippen molar-refractivity contribution in [1.29, 1.82) is 0 Å². The van der Waals surface area contributed by atoms with Crippen molar-refractivity contribution < 1.29 is 14.3 Å². The van der Waals surface area contributed by atoms with Gasteiger partial charge in [0.1, 0.15) is 0 Å². The van der Waals surface area contributed by atoms with Gasteiger partial charge in [0, 0.05) is 19.0 Å². The Hall–Kier alpha value is -1.39. The normalized spacial score (nSPS) is 23.6. The quantitative estimate of drug-likeness (QED) is 0.794. The number of hydrogen-bond donors (Lipinski definition) is 1. The molecule has 1 aromatic carbocycles. The third kappa shape index (κ3) is 3.28. The van der Waals surface area contributed by atoms with Gasteiger partial charge in [-0.1, -0.05) is 30.3 Å². The summed E-state index contributed by atoms with van der Waals surface area (Å²) in [5.41, 5.74) is 1.23. The van der Waals surface area contributed by atoms with Gasteiger partial charge in [-0.3, -0.25) is 0 Å². The summed E-state index contributed by atoms with van der Waals surface area (Å²) in [5, 5.41) is 3.37. The summed E-state index contributed by atoms with van der Waals surface area (Å²) in [5.74, 6) is -0.283. The molecule has 17 heavy (non-hydrogen) atoms. The minimum absolute atomic E-state index is 0.222. The molecule has 0 unspecified atom stereocenters. The van der Waals surface area contributed by atoms with Crippen molar-refractivity contribution in [2.75, 3.05) is 13.7 Å². The van der Waals surface area contributed by atoms with Crippen LogP contribution in [0.4, 0.5) is 0 Å². The van der Waals surface area contributed by atoms with E-state index in [2.05, 4.69) is 22.2 Å². The zero-order valence-corrected chi connectivity index (χ0v) is 9.89. The van der Waals surface area contributed by atoms with Gasteiger partial charge < -0.3 is 14.8 Å². The predicted molar refractivity (Wildman–Crippen MR) is 63.4 cm³/mol. The fraction of sp³-hybridized carbons (Fsp3) is 0.462. The minimum atomic E-state index is -0.409. The van der Waals surface area contributed by atoms with Gasteiger partial charge in [-0.15, -0.1) is 0 Å². The number of rotatable bonds is 4. The lowest BCUT2D eigenvalue weighted by molar-refractivity contribution is -0.151. The summed E-state index contributed by atoms with van der Waals surface area (Å²) in [7, 11) is 1.39. The highest BCUT2D eigenvalue weighted by Crippen LogP contribution is 2.15. The van der Waals surface area contributed by atoms with Crippen LogP contribution in [0, 0.1) is 0 Å². The van der Waals surface area contributed by atoms with E-state index in [0.717, 1.165) is 6.54 Å². The fourth-order valence-corrected chi connectivity index (χ4v) is 1.92. The highest BCUT2D eigenvalue weighted by Gasteiger charge is 2.31. The Labute approximate surface area is 101 Å². The summed E-state index contributed by atoms with van der Waals surface area (Å²) >= 11 is 0. The molecule has 0 radical (unpaired) electrons. The van der Waals surface area contributed by atoms with Gasteiger partial charge in [-0.2, -0.15) is 0 Å². The summed E-state index contributed by atoms with van der Waals surface area (Å²) in [6.45, 7) is 1.36. The monoisotopic (exact) mass is 235 g/mol. The zero-order chi connectivity index (χ0) is 12.1. The van der Waals surface area contributed by atoms with Crippen LogP contribution in [-0.2, 0) is 20.8 Å². The minimum Gasteiger partial charge on any atom is -0.467 e. The molecular formula is C13H17NO3. The van der Waals surface area contributed by atoms with Crippen molar-refractivity contribution >= 4 is 5.97 Å². The number of esters is 1. The number of ether oxygens (including phenoxy) is 2. The maximum absolute atomic E-state index is 11.3. The third-order valence-corrected chi connectivity index (χ3v) is 2.90. The van der Waals surface area contributed by atoms with Gasteiger partial charge in [0.15, 0.2) is 6.10 Å². The van der Waals surface area contributed by atoms with Crippen molar-refractivity contribution in [2.24, 2.45) is 0 Å². The average molecular weight is 235 g/mol. The second kappa shape index (κ2) is 5.80. The Morgan fingerprint density at radius 3 is 2.94 bits per heavy atom. The number of hydrogen-bond acceptors (Lipinski definition) is 4. The Morgan fingerprint density at radius 1 is 1.47 bits per heavy atom. The lowest BCUT2D eigenvalue weighted by atomic mass is 10.1. The highest BCUT2D eigenvalue weighted by molar-refractivity contribution is 5.74. The van der Waals surface area contributed by atoms with E-state index >= 15 is 0 Å². The van der Waals surface area contributed by atoms with Crippen LogP contribution in [0.15, 0.2) is 30.3 Å². The third-order valence-electron chi connectivity index (χ3n) is 2.90. The number of nitrogens with one attached hydrogen (secondary N) is 1. The van der Waals surface area contributed by atoms with Crippen LogP contribution in [-0.4, -0.2) is 31.8 Å². The molecule has 0 amide bonds. The number of methoxy groups -OCH3 is 1. The molecule has 0 bridgehead atoms. The van der Waals surface area contributed by atoms with E-state index < -0.39 is 6.10 Å². The SMILES string of the molecule is COC(=O)[C@H]1C[C@@H](NCc2ccccc2)CO1. The molecule has 1 N–H and O–H groups in total. The molecule has 4 heteroatoms. The van der Waals surface area contributed by atoms with Crippen LogP contribution in [0.2, 0.25) is 0 Å². The predicted octanol–water partition coefficient (Wildman–Crippen LogP) is 1.11. The van der Waals surface area contributed by atoms with Gasteiger partial charge >= 0.3 is 5.97 Å². The van der Waals surface area contributed by atoms with Gasteiger partial charge in [-0.05, 0) is 5.56 Å². The molecule has 0 saturated carbocycles. The summed E-state index contributed by atoms with van der Waals surface area (Å²) in [6.07, 6.45) is 0.271. The lowest BCUT2D eigenvalue weighted by Crippen LogP contribution is -2.29. The zero-order valence-electron chi connectivity index (χ0n) is 9.89. The number of carbonyl (C=O) groups is 1. The van der Waals surface area contributed by atoms with Crippen LogP contribution in [0.5, 0.6) is 0 Å². The highest BCUT2D eigenvalue weighted by atomic mass is 16.6. The van der Waals surface area contributed by atoms with E-state index in [0.29, 0.717) is 13.0 Å². The molecule has 1 aromatic rings. The molecule has 0 aromatic heterocycles. The molecule has 1 fully saturated rings. The molecule has 1 aliphatic rings. The molecule has 92 valence electrons. The molecule has 1 heterocycles. The van der Waals surface area contributed by atoms with Crippen LogP contribution >= 0.6 is 0 Å². The van der Waals surface area contributed by atoms with Gasteiger partial charge in [0.25, 0.3) is 0 Å². The average Bonchev–Trinajstić information content (AvgIpc) is 2.85. The molecule has 1 saturated heterocycles. The van der Waals surface area contributed by atoms with Gasteiger partial charge in [0.2, 0.25) is 0 Å². The summed E-state index contributed by atoms with van der Waals surface area (Å²) < 4.78 is 10.0. The van der Waals surface area contributed by atoms with Crippen molar-refractivity contribution in [2.45, 2.75) is 25.1 Å².